The predicted octanol–water partition coefficient (Wildman–Crippen LogP) is 5.35. The van der Waals surface area contributed by atoms with Crippen LogP contribution in [-0.2, 0) is 10.0 Å². The van der Waals surface area contributed by atoms with Gasteiger partial charge < -0.3 is 5.32 Å². The summed E-state index contributed by atoms with van der Waals surface area (Å²) in [4.78, 5) is 0.346. The van der Waals surface area contributed by atoms with Crippen molar-refractivity contribution in [1.29, 1.82) is 0 Å². The molecule has 4 nitrogen and oxygen atoms in total. The molecule has 3 aromatic rings. The Morgan fingerprint density at radius 3 is 2.73 bits per heavy atom. The smallest absolute Gasteiger partial charge is 0.240 e. The molecule has 1 aliphatic carbocycles. The van der Waals surface area contributed by atoms with E-state index in [1.165, 1.54) is 16.3 Å². The van der Waals surface area contributed by atoms with Crippen LogP contribution in [0.2, 0.25) is 0 Å². The van der Waals surface area contributed by atoms with E-state index >= 15 is 0 Å². The minimum atomic E-state index is -3.48. The van der Waals surface area contributed by atoms with Crippen LogP contribution in [0.5, 0.6) is 0 Å². The van der Waals surface area contributed by atoms with E-state index in [4.69, 9.17) is 0 Å². The molecule has 0 fully saturated rings. The molecule has 0 amide bonds. The van der Waals surface area contributed by atoms with Crippen LogP contribution in [-0.4, -0.2) is 15.0 Å². The van der Waals surface area contributed by atoms with E-state index in [1.807, 2.05) is 19.1 Å². The van der Waals surface area contributed by atoms with Gasteiger partial charge in [0.2, 0.25) is 10.0 Å². The average molecular weight is 419 g/mol. The van der Waals surface area contributed by atoms with Crippen molar-refractivity contribution in [2.75, 3.05) is 11.9 Å². The molecule has 1 heterocycles. The third-order valence-corrected chi connectivity index (χ3v) is 7.80. The zero-order chi connectivity index (χ0) is 20.7. The molecule has 3 atom stereocenters. The molecule has 0 saturated carbocycles. The molecule has 0 spiro atoms. The number of allylic oxidation sites excluding steroid dienone is 2. The van der Waals surface area contributed by atoms with E-state index in [9.17, 15) is 8.42 Å². The van der Waals surface area contributed by atoms with Gasteiger partial charge in [0.05, 0.1) is 10.9 Å². The quantitative estimate of drug-likeness (QED) is 0.549. The zero-order valence-electron chi connectivity index (χ0n) is 17.0. The topological polar surface area (TPSA) is 58.2 Å². The number of fused-ring (bicyclic) bond motifs is 4. The highest BCUT2D eigenvalue weighted by Crippen LogP contribution is 2.51. The van der Waals surface area contributed by atoms with E-state index in [-0.39, 0.29) is 12.0 Å². The fourth-order valence-electron chi connectivity index (χ4n) is 4.89. The summed E-state index contributed by atoms with van der Waals surface area (Å²) < 4.78 is 28.0. The molecule has 5 heteroatoms. The second-order valence-corrected chi connectivity index (χ2v) is 9.96. The Morgan fingerprint density at radius 2 is 1.87 bits per heavy atom. The second kappa shape index (κ2) is 7.56. The maximum atomic E-state index is 12.7. The van der Waals surface area contributed by atoms with Crippen molar-refractivity contribution in [1.82, 2.24) is 4.72 Å². The molecule has 1 aliphatic heterocycles. The molecule has 3 unspecified atom stereocenters. The summed E-state index contributed by atoms with van der Waals surface area (Å²) in [6, 6.07) is 20.7. The van der Waals surface area contributed by atoms with Crippen molar-refractivity contribution in [3.63, 3.8) is 0 Å². The SMILES string of the molecule is CCCNS(=O)(=O)c1ccc2c(c1)C1C=CCC1C(c1cccc3ccccc13)N2. The number of hydrogen-bond acceptors (Lipinski definition) is 3. The third-order valence-electron chi connectivity index (χ3n) is 6.35. The maximum absolute atomic E-state index is 12.7. The van der Waals surface area contributed by atoms with Gasteiger partial charge in [-0.3, -0.25) is 0 Å². The van der Waals surface area contributed by atoms with Crippen molar-refractivity contribution in [2.45, 2.75) is 36.6 Å². The summed E-state index contributed by atoms with van der Waals surface area (Å²) in [6.07, 6.45) is 6.24. The third kappa shape index (κ3) is 3.22. The van der Waals surface area contributed by atoms with E-state index < -0.39 is 10.0 Å². The fourth-order valence-corrected chi connectivity index (χ4v) is 6.06. The Hall–Kier alpha value is -2.63. The highest BCUT2D eigenvalue weighted by atomic mass is 32.2. The largest absolute Gasteiger partial charge is 0.378 e. The van der Waals surface area contributed by atoms with Gasteiger partial charge in [0.25, 0.3) is 0 Å². The van der Waals surface area contributed by atoms with Crippen LogP contribution in [0.3, 0.4) is 0 Å². The number of nitrogens with one attached hydrogen (secondary N) is 2. The molecular formula is C25H26N2O2S. The van der Waals surface area contributed by atoms with E-state index in [1.54, 1.807) is 6.07 Å². The van der Waals surface area contributed by atoms with Crippen molar-refractivity contribution in [2.24, 2.45) is 5.92 Å². The minimum absolute atomic E-state index is 0.185. The molecule has 2 N–H and O–H groups in total. The number of sulfonamides is 1. The predicted molar refractivity (Wildman–Crippen MR) is 122 cm³/mol. The Kier molecular flexibility index (Phi) is 4.88. The van der Waals surface area contributed by atoms with E-state index in [0.29, 0.717) is 17.4 Å². The Bertz CT molecular complexity index is 1230. The average Bonchev–Trinajstić information content (AvgIpc) is 3.27. The van der Waals surface area contributed by atoms with Gasteiger partial charge in [-0.05, 0) is 58.9 Å². The molecule has 0 bridgehead atoms. The Balaban J connectivity index is 1.57. The first-order valence-corrected chi connectivity index (χ1v) is 12.1. The number of anilines is 1. The van der Waals surface area contributed by atoms with Crippen LogP contribution in [0.4, 0.5) is 5.69 Å². The molecule has 0 radical (unpaired) electrons. The number of benzene rings is 3. The van der Waals surface area contributed by atoms with Gasteiger partial charge in [-0.25, -0.2) is 13.1 Å². The summed E-state index contributed by atoms with van der Waals surface area (Å²) >= 11 is 0. The number of rotatable bonds is 5. The maximum Gasteiger partial charge on any atom is 0.240 e. The van der Waals surface area contributed by atoms with Crippen molar-refractivity contribution >= 4 is 26.5 Å². The molecule has 0 saturated heterocycles. The Morgan fingerprint density at radius 1 is 1.03 bits per heavy atom. The first-order chi connectivity index (χ1) is 14.6. The highest BCUT2D eigenvalue weighted by molar-refractivity contribution is 7.89. The van der Waals surface area contributed by atoms with Crippen LogP contribution in [0.15, 0.2) is 77.7 Å². The lowest BCUT2D eigenvalue weighted by molar-refractivity contribution is 0.427. The van der Waals surface area contributed by atoms with Gasteiger partial charge in [0.15, 0.2) is 0 Å². The van der Waals surface area contributed by atoms with Gasteiger partial charge in [-0.15, -0.1) is 0 Å². The van der Waals surface area contributed by atoms with Gasteiger partial charge in [-0.1, -0.05) is 61.5 Å². The Labute approximate surface area is 178 Å². The van der Waals surface area contributed by atoms with Gasteiger partial charge in [0, 0.05) is 18.2 Å². The zero-order valence-corrected chi connectivity index (χ0v) is 17.8. The van der Waals surface area contributed by atoms with E-state index in [2.05, 4.69) is 64.7 Å². The molecular weight excluding hydrogens is 392 g/mol. The van der Waals surface area contributed by atoms with Crippen LogP contribution >= 0.6 is 0 Å². The summed E-state index contributed by atoms with van der Waals surface area (Å²) in [5.41, 5.74) is 3.40. The normalized spacial score (nSPS) is 22.5. The lowest BCUT2D eigenvalue weighted by Gasteiger charge is -2.38. The van der Waals surface area contributed by atoms with E-state index in [0.717, 1.165) is 24.1 Å². The first kappa shape index (κ1) is 19.3. The van der Waals surface area contributed by atoms with Crippen molar-refractivity contribution < 1.29 is 8.42 Å². The molecule has 3 aromatic carbocycles. The van der Waals surface area contributed by atoms with Gasteiger partial charge >= 0.3 is 0 Å². The molecule has 154 valence electrons. The van der Waals surface area contributed by atoms with Crippen molar-refractivity contribution in [3.8, 4) is 0 Å². The van der Waals surface area contributed by atoms with Gasteiger partial charge in [-0.2, -0.15) is 0 Å². The monoisotopic (exact) mass is 418 g/mol. The highest BCUT2D eigenvalue weighted by Gasteiger charge is 2.38. The lowest BCUT2D eigenvalue weighted by atomic mass is 9.76. The molecule has 0 aromatic heterocycles. The number of hydrogen-bond donors (Lipinski definition) is 2. The summed E-state index contributed by atoms with van der Waals surface area (Å²) in [7, 11) is -3.48. The van der Waals surface area contributed by atoms with Crippen LogP contribution < -0.4 is 10.0 Å². The van der Waals surface area contributed by atoms with Crippen LogP contribution in [0, 0.1) is 5.92 Å². The van der Waals surface area contributed by atoms with Crippen LogP contribution in [0.25, 0.3) is 10.8 Å². The minimum Gasteiger partial charge on any atom is -0.378 e. The summed E-state index contributed by atoms with van der Waals surface area (Å²) in [5, 5.41) is 6.26. The fraction of sp³-hybridized carbons (Fsp3) is 0.280. The second-order valence-electron chi connectivity index (χ2n) is 8.19. The van der Waals surface area contributed by atoms with Crippen LogP contribution in [0.1, 0.15) is 42.9 Å². The first-order valence-electron chi connectivity index (χ1n) is 10.6. The molecule has 5 rings (SSSR count). The van der Waals surface area contributed by atoms with Crippen molar-refractivity contribution in [3.05, 3.63) is 83.9 Å². The molecule has 2 aliphatic rings. The summed E-state index contributed by atoms with van der Waals surface area (Å²) in [6.45, 7) is 2.41. The lowest BCUT2D eigenvalue weighted by Crippen LogP contribution is -2.30. The molecule has 30 heavy (non-hydrogen) atoms. The summed E-state index contributed by atoms with van der Waals surface area (Å²) in [5.74, 6) is 0.580. The standard InChI is InChI=1S/C25H26N2O2S/c1-2-15-26-30(28,29)18-13-14-24-23(16-18)20-10-6-12-22(20)25(27-24)21-11-5-8-17-7-3-4-9-19(17)21/h3-11,13-14,16,20,22,25-27H,2,12,15H2,1H3. The van der Waals surface area contributed by atoms with Gasteiger partial charge in [0.1, 0.15) is 0 Å².